The molecule has 6 atom stereocenters. The van der Waals surface area contributed by atoms with Gasteiger partial charge in [0.15, 0.2) is 0 Å². The van der Waals surface area contributed by atoms with E-state index in [9.17, 15) is 47.8 Å². The molecule has 21 nitrogen and oxygen atoms in total. The molecule has 1 aromatic carbocycles. The quantitative estimate of drug-likeness (QED) is 0.0854. The van der Waals surface area contributed by atoms with Crippen LogP contribution in [0.2, 0.25) is 0 Å². The second-order valence-electron chi connectivity index (χ2n) is 14.1. The van der Waals surface area contributed by atoms with Gasteiger partial charge in [-0.2, -0.15) is 8.62 Å². The lowest BCUT2D eigenvalue weighted by Gasteiger charge is -2.47. The molecule has 1 amide bonds. The van der Waals surface area contributed by atoms with Crippen molar-refractivity contribution in [1.29, 1.82) is 0 Å². The molecule has 4 heterocycles. The van der Waals surface area contributed by atoms with Crippen molar-refractivity contribution in [3.8, 4) is 0 Å². The van der Waals surface area contributed by atoms with Gasteiger partial charge in [0.25, 0.3) is 5.56 Å². The fourth-order valence-corrected chi connectivity index (χ4v) is 9.93. The zero-order valence-corrected chi connectivity index (χ0v) is 33.3. The van der Waals surface area contributed by atoms with E-state index in [0.717, 1.165) is 39.4 Å². The number of benzene rings is 1. The van der Waals surface area contributed by atoms with Gasteiger partial charge < -0.3 is 44.1 Å². The number of nitrogens with zero attached hydrogens (tertiary/aromatic N) is 2. The van der Waals surface area contributed by atoms with Crippen LogP contribution in [0.4, 0.5) is 5.69 Å². The first-order chi connectivity index (χ1) is 25.9. The molecule has 7 N–H and O–H groups in total. The molecule has 2 aliphatic heterocycles. The van der Waals surface area contributed by atoms with Gasteiger partial charge >= 0.3 is 34.8 Å². The Morgan fingerprint density at radius 3 is 2.50 bits per heavy atom. The van der Waals surface area contributed by atoms with E-state index in [1.807, 2.05) is 13.0 Å². The maximum Gasteiger partial charge on any atom is 0.490 e. The van der Waals surface area contributed by atoms with Gasteiger partial charge in [-0.05, 0) is 56.7 Å². The summed E-state index contributed by atoms with van der Waals surface area (Å²) in [7, 11) is -16.9. The average Bonchev–Trinajstić information content (AvgIpc) is 3.41. The minimum Gasteiger partial charge on any atom is -0.423 e. The highest BCUT2D eigenvalue weighted by Crippen LogP contribution is 2.66. The number of aliphatic hydroxyl groups excluding tert-OH is 1. The minimum atomic E-state index is -5.77. The first-order valence-electron chi connectivity index (χ1n) is 17.2. The molecular weight excluding hydrogens is 805 g/mol. The number of aromatic amines is 1. The molecule has 3 unspecified atom stereocenters. The molecular formula is C32H43N4O17P3. The first-order valence-corrected chi connectivity index (χ1v) is 21.7. The second kappa shape index (κ2) is 16.7. The van der Waals surface area contributed by atoms with Crippen molar-refractivity contribution in [3.63, 3.8) is 0 Å². The van der Waals surface area contributed by atoms with E-state index in [0.29, 0.717) is 18.5 Å². The van der Waals surface area contributed by atoms with Crippen molar-refractivity contribution in [3.05, 3.63) is 78.4 Å². The van der Waals surface area contributed by atoms with Gasteiger partial charge in [-0.3, -0.25) is 23.7 Å². The number of nitrogens with one attached hydrogen (secondary N) is 2. The standard InChI is InChI=1S/C32H43N4O17P3/c1-18-11-29(39)51-25-13-23-21(12-22(18)25)19(2)15-32(3,4)36(23)10-6-8-27(38)33-9-5-7-20-16-35(31(41)34-30(20)40)28-14-24(37)26(50-28)17-49-55(45,46)53-56(47,48)52-54(42,43)44/h5,7,11-13,16,19,24,26,28,37H,6,8-10,14-15,17H2,1-4H3,(H,33,38)(H,45,46)(H,47,48)(H,34,40,41)(H2,42,43,44)/b7-5+/t19?,24-,26+,28+/m0/s1. The molecule has 1 fully saturated rings. The molecule has 24 heteroatoms. The number of carbonyl (C=O) groups excluding carboxylic acids is 1. The largest absolute Gasteiger partial charge is 0.490 e. The Bertz CT molecular complexity index is 2330. The second-order valence-corrected chi connectivity index (χ2v) is 18.5. The SMILES string of the molecule is Cc1cc(=O)oc2cc3c(cc12)C(C)CC(C)(C)N3CCCC(=O)NC/C=C/c1cn([C@H]2C[C@H](O)[C@@H](COP(=O)(O)OP(=O)(O)OP(=O)(O)O)O2)c(=O)[nH]c1=O. The molecule has 1 saturated heterocycles. The topological polar surface area (TPSA) is 307 Å². The summed E-state index contributed by atoms with van der Waals surface area (Å²) in [4.78, 5) is 90.6. The molecule has 56 heavy (non-hydrogen) atoms. The number of anilines is 1. The zero-order chi connectivity index (χ0) is 41.4. The van der Waals surface area contributed by atoms with Crippen molar-refractivity contribution in [2.45, 2.75) is 83.3 Å². The number of phosphoric acid groups is 3. The number of aromatic nitrogens is 2. The number of aryl methyl sites for hydroxylation is 1. The summed E-state index contributed by atoms with van der Waals surface area (Å²) in [5.74, 6) is 0.0192. The lowest BCUT2D eigenvalue weighted by molar-refractivity contribution is -0.120. The number of fused-ring (bicyclic) bond motifs is 2. The fourth-order valence-electron chi connectivity index (χ4n) is 6.90. The van der Waals surface area contributed by atoms with Crippen LogP contribution in [0.5, 0.6) is 0 Å². The molecule has 0 aliphatic carbocycles. The van der Waals surface area contributed by atoms with E-state index in [1.54, 1.807) is 0 Å². The van der Waals surface area contributed by atoms with Gasteiger partial charge in [0.1, 0.15) is 17.9 Å². The highest BCUT2D eigenvalue weighted by atomic mass is 31.3. The molecule has 2 aromatic heterocycles. The van der Waals surface area contributed by atoms with Crippen molar-refractivity contribution in [2.75, 3.05) is 24.6 Å². The molecule has 0 radical (unpaired) electrons. The zero-order valence-electron chi connectivity index (χ0n) is 30.6. The van der Waals surface area contributed by atoms with Crippen LogP contribution in [0, 0.1) is 6.92 Å². The Morgan fingerprint density at radius 1 is 1.09 bits per heavy atom. The lowest BCUT2D eigenvalue weighted by Crippen LogP contribution is -2.49. The third-order valence-electron chi connectivity index (χ3n) is 9.28. The number of rotatable bonds is 15. The van der Waals surface area contributed by atoms with Gasteiger partial charge in [0.2, 0.25) is 5.91 Å². The molecule has 308 valence electrons. The van der Waals surface area contributed by atoms with Crippen LogP contribution in [0.15, 0.2) is 49.3 Å². The lowest BCUT2D eigenvalue weighted by atomic mass is 9.79. The third kappa shape index (κ3) is 10.9. The molecule has 3 aromatic rings. The summed E-state index contributed by atoms with van der Waals surface area (Å²) < 4.78 is 58.2. The first kappa shape index (κ1) is 43.6. The highest BCUT2D eigenvalue weighted by molar-refractivity contribution is 7.66. The minimum absolute atomic E-state index is 0.0209. The monoisotopic (exact) mass is 848 g/mol. The van der Waals surface area contributed by atoms with Crippen LogP contribution >= 0.6 is 23.5 Å². The van der Waals surface area contributed by atoms with Gasteiger partial charge in [0.05, 0.1) is 18.3 Å². The molecule has 0 saturated carbocycles. The molecule has 2 aliphatic rings. The molecule has 5 rings (SSSR count). The predicted molar refractivity (Wildman–Crippen MR) is 199 cm³/mol. The van der Waals surface area contributed by atoms with Crippen LogP contribution in [-0.2, 0) is 36.4 Å². The third-order valence-corrected chi connectivity index (χ3v) is 13.1. The summed E-state index contributed by atoms with van der Waals surface area (Å²) in [6.07, 6.45) is 1.23. The van der Waals surface area contributed by atoms with E-state index in [2.05, 4.69) is 55.2 Å². The number of ether oxygens (including phenoxy) is 1. The summed E-state index contributed by atoms with van der Waals surface area (Å²) in [5, 5.41) is 14.1. The number of hydrogen-bond acceptors (Lipinski definition) is 14. The van der Waals surface area contributed by atoms with Crippen LogP contribution in [-0.4, -0.2) is 77.6 Å². The predicted octanol–water partition coefficient (Wildman–Crippen LogP) is 2.65. The summed E-state index contributed by atoms with van der Waals surface area (Å²) >= 11 is 0. The van der Waals surface area contributed by atoms with Crippen molar-refractivity contribution >= 4 is 52.1 Å². The van der Waals surface area contributed by atoms with Gasteiger partial charge in [-0.1, -0.05) is 19.1 Å². The van der Waals surface area contributed by atoms with E-state index in [-0.39, 0.29) is 42.3 Å². The average molecular weight is 849 g/mol. The Morgan fingerprint density at radius 2 is 1.80 bits per heavy atom. The summed E-state index contributed by atoms with van der Waals surface area (Å²) in [6, 6.07) is 5.46. The van der Waals surface area contributed by atoms with Crippen molar-refractivity contribution in [1.82, 2.24) is 14.9 Å². The molecule has 0 spiro atoms. The van der Waals surface area contributed by atoms with Crippen LogP contribution in [0.3, 0.4) is 0 Å². The van der Waals surface area contributed by atoms with Crippen LogP contribution in [0.25, 0.3) is 17.0 Å². The Hall–Kier alpha value is -3.55. The van der Waals surface area contributed by atoms with Crippen LogP contribution in [0.1, 0.15) is 75.3 Å². The fraction of sp³-hybridized carbons (Fsp3) is 0.500. The normalized spacial score (nSPS) is 23.2. The van der Waals surface area contributed by atoms with Gasteiger partial charge in [-0.25, -0.2) is 23.3 Å². The number of H-pyrrole nitrogens is 1. The smallest absolute Gasteiger partial charge is 0.423 e. The van der Waals surface area contributed by atoms with Gasteiger partial charge in [0, 0.05) is 60.9 Å². The van der Waals surface area contributed by atoms with Crippen LogP contribution < -0.4 is 27.1 Å². The highest BCUT2D eigenvalue weighted by Gasteiger charge is 2.43. The number of carbonyl (C=O) groups is 1. The van der Waals surface area contributed by atoms with Crippen molar-refractivity contribution in [2.24, 2.45) is 0 Å². The number of aliphatic hydroxyl groups is 1. The number of phosphoric ester groups is 1. The summed E-state index contributed by atoms with van der Waals surface area (Å²) in [5.41, 5.74) is 1.09. The number of amides is 1. The number of hydrogen-bond donors (Lipinski definition) is 7. The van der Waals surface area contributed by atoms with Gasteiger partial charge in [-0.15, -0.1) is 0 Å². The Balaban J connectivity index is 1.15. The Labute approximate surface area is 318 Å². The van der Waals surface area contributed by atoms with E-state index < -0.39 is 65.4 Å². The van der Waals surface area contributed by atoms with Crippen molar-refractivity contribution < 1.29 is 65.5 Å². The van der Waals surface area contributed by atoms with E-state index in [1.165, 1.54) is 18.2 Å². The van der Waals surface area contributed by atoms with E-state index in [4.69, 9.17) is 18.9 Å². The summed E-state index contributed by atoms with van der Waals surface area (Å²) in [6.45, 7) is 7.96. The Kier molecular flexibility index (Phi) is 13.0. The van der Waals surface area contributed by atoms with E-state index >= 15 is 0 Å². The maximum absolute atomic E-state index is 12.8. The molecule has 0 bridgehead atoms. The maximum atomic E-state index is 12.8.